The summed E-state index contributed by atoms with van der Waals surface area (Å²) in [6.07, 6.45) is 0.807. The van der Waals surface area contributed by atoms with Gasteiger partial charge < -0.3 is 5.11 Å². The first-order valence-electron chi connectivity index (χ1n) is 5.61. The van der Waals surface area contributed by atoms with Gasteiger partial charge in [0.1, 0.15) is 5.82 Å². The zero-order valence-corrected chi connectivity index (χ0v) is 10.9. The van der Waals surface area contributed by atoms with E-state index in [1.807, 2.05) is 6.92 Å². The SMILES string of the molecule is Cc1cc(F)ccc1C(O)Cn1ncc(Cl)c1C. The molecule has 0 amide bonds. The molecule has 0 radical (unpaired) electrons. The van der Waals surface area contributed by atoms with E-state index >= 15 is 0 Å². The molecule has 0 fully saturated rings. The van der Waals surface area contributed by atoms with Crippen molar-refractivity contribution in [1.82, 2.24) is 9.78 Å². The van der Waals surface area contributed by atoms with Crippen LogP contribution in [0.15, 0.2) is 24.4 Å². The van der Waals surface area contributed by atoms with Crippen LogP contribution in [-0.2, 0) is 6.54 Å². The molecule has 18 heavy (non-hydrogen) atoms. The minimum atomic E-state index is -0.736. The summed E-state index contributed by atoms with van der Waals surface area (Å²) in [7, 11) is 0. The average molecular weight is 269 g/mol. The van der Waals surface area contributed by atoms with Crippen molar-refractivity contribution in [2.75, 3.05) is 0 Å². The zero-order chi connectivity index (χ0) is 13.3. The number of benzene rings is 1. The van der Waals surface area contributed by atoms with E-state index in [2.05, 4.69) is 5.10 Å². The maximum atomic E-state index is 13.0. The van der Waals surface area contributed by atoms with E-state index in [-0.39, 0.29) is 5.82 Å². The maximum absolute atomic E-state index is 13.0. The van der Waals surface area contributed by atoms with Crippen molar-refractivity contribution >= 4 is 11.6 Å². The molecule has 5 heteroatoms. The third-order valence-electron chi connectivity index (χ3n) is 2.98. The minimum absolute atomic E-state index is 0.297. The summed E-state index contributed by atoms with van der Waals surface area (Å²) < 4.78 is 14.6. The Balaban J connectivity index is 2.22. The second kappa shape index (κ2) is 5.08. The minimum Gasteiger partial charge on any atom is -0.386 e. The number of nitrogens with zero attached hydrogens (tertiary/aromatic N) is 2. The number of hydrogen-bond acceptors (Lipinski definition) is 2. The first-order valence-corrected chi connectivity index (χ1v) is 5.99. The second-order valence-corrected chi connectivity index (χ2v) is 4.68. The van der Waals surface area contributed by atoms with Gasteiger partial charge >= 0.3 is 0 Å². The zero-order valence-electron chi connectivity index (χ0n) is 10.2. The smallest absolute Gasteiger partial charge is 0.123 e. The fraction of sp³-hybridized carbons (Fsp3) is 0.308. The maximum Gasteiger partial charge on any atom is 0.123 e. The molecule has 0 saturated heterocycles. The second-order valence-electron chi connectivity index (χ2n) is 4.28. The molecule has 0 aliphatic carbocycles. The first kappa shape index (κ1) is 13.1. The Labute approximate surface area is 110 Å². The highest BCUT2D eigenvalue weighted by molar-refractivity contribution is 6.31. The van der Waals surface area contributed by atoms with Crippen molar-refractivity contribution in [2.24, 2.45) is 0 Å². The van der Waals surface area contributed by atoms with Gasteiger partial charge in [-0.2, -0.15) is 5.10 Å². The molecule has 0 aliphatic heterocycles. The molecule has 2 aromatic rings. The summed E-state index contributed by atoms with van der Waals surface area (Å²) in [5.41, 5.74) is 2.22. The van der Waals surface area contributed by atoms with Crippen LogP contribution in [0.1, 0.15) is 22.9 Å². The fourth-order valence-electron chi connectivity index (χ4n) is 1.88. The van der Waals surface area contributed by atoms with E-state index < -0.39 is 6.10 Å². The highest BCUT2D eigenvalue weighted by Crippen LogP contribution is 2.22. The molecule has 1 aromatic carbocycles. The number of aryl methyl sites for hydroxylation is 1. The quantitative estimate of drug-likeness (QED) is 0.929. The predicted octanol–water partition coefficient (Wildman–Crippen LogP) is 3.03. The molecule has 3 nitrogen and oxygen atoms in total. The van der Waals surface area contributed by atoms with Crippen LogP contribution >= 0.6 is 11.6 Å². The molecule has 1 N–H and O–H groups in total. The van der Waals surface area contributed by atoms with Gasteiger partial charge in [0.15, 0.2) is 0 Å². The van der Waals surface area contributed by atoms with Crippen LogP contribution in [0.2, 0.25) is 5.02 Å². The van der Waals surface area contributed by atoms with Crippen molar-refractivity contribution in [3.05, 3.63) is 52.1 Å². The number of hydrogen-bond donors (Lipinski definition) is 1. The summed E-state index contributed by atoms with van der Waals surface area (Å²) in [5, 5.41) is 14.8. The third kappa shape index (κ3) is 2.54. The predicted molar refractivity (Wildman–Crippen MR) is 68.1 cm³/mol. The molecule has 2 rings (SSSR count). The van der Waals surface area contributed by atoms with E-state index in [4.69, 9.17) is 11.6 Å². The number of aliphatic hydroxyl groups excluding tert-OH is 1. The van der Waals surface area contributed by atoms with E-state index in [9.17, 15) is 9.50 Å². The van der Waals surface area contributed by atoms with Crippen molar-refractivity contribution in [1.29, 1.82) is 0 Å². The molecule has 0 saturated carbocycles. The van der Waals surface area contributed by atoms with Crippen LogP contribution < -0.4 is 0 Å². The van der Waals surface area contributed by atoms with E-state index in [1.165, 1.54) is 12.1 Å². The van der Waals surface area contributed by atoms with Crippen LogP contribution in [0.4, 0.5) is 4.39 Å². The van der Waals surface area contributed by atoms with Gasteiger partial charge in [-0.15, -0.1) is 0 Å². The summed E-state index contributed by atoms with van der Waals surface area (Å²) in [5.74, 6) is -0.304. The van der Waals surface area contributed by atoms with Gasteiger partial charge in [-0.3, -0.25) is 4.68 Å². The lowest BCUT2D eigenvalue weighted by atomic mass is 10.0. The Hall–Kier alpha value is -1.39. The highest BCUT2D eigenvalue weighted by atomic mass is 35.5. The Morgan fingerprint density at radius 2 is 2.17 bits per heavy atom. The number of halogens is 2. The Morgan fingerprint density at radius 1 is 1.44 bits per heavy atom. The molecule has 96 valence electrons. The van der Waals surface area contributed by atoms with Gasteiger partial charge in [0.05, 0.1) is 29.6 Å². The first-order chi connectivity index (χ1) is 8.49. The van der Waals surface area contributed by atoms with Gasteiger partial charge in [-0.05, 0) is 37.1 Å². The summed E-state index contributed by atoms with van der Waals surface area (Å²) >= 11 is 5.90. The van der Waals surface area contributed by atoms with Gasteiger partial charge in [0.2, 0.25) is 0 Å². The molecule has 1 atom stereocenters. The van der Waals surface area contributed by atoms with Gasteiger partial charge in [0.25, 0.3) is 0 Å². The monoisotopic (exact) mass is 268 g/mol. The normalized spacial score (nSPS) is 12.7. The Bertz CT molecular complexity index is 568. The van der Waals surface area contributed by atoms with Crippen LogP contribution in [0, 0.1) is 19.7 Å². The molecular formula is C13H14ClFN2O. The molecule has 0 spiro atoms. The molecular weight excluding hydrogens is 255 g/mol. The summed E-state index contributed by atoms with van der Waals surface area (Å²) in [6, 6.07) is 4.34. The lowest BCUT2D eigenvalue weighted by Crippen LogP contribution is -2.12. The number of aromatic nitrogens is 2. The summed E-state index contributed by atoms with van der Waals surface area (Å²) in [4.78, 5) is 0. The van der Waals surface area contributed by atoms with E-state index in [1.54, 1.807) is 23.9 Å². The van der Waals surface area contributed by atoms with E-state index in [0.29, 0.717) is 17.1 Å². The van der Waals surface area contributed by atoms with Gasteiger partial charge in [0, 0.05) is 0 Å². The summed E-state index contributed by atoms with van der Waals surface area (Å²) in [6.45, 7) is 3.90. The van der Waals surface area contributed by atoms with Crippen LogP contribution in [0.3, 0.4) is 0 Å². The average Bonchev–Trinajstić information content (AvgIpc) is 2.61. The third-order valence-corrected chi connectivity index (χ3v) is 3.35. The van der Waals surface area contributed by atoms with Crippen LogP contribution in [0.25, 0.3) is 0 Å². The van der Waals surface area contributed by atoms with Crippen molar-refractivity contribution in [2.45, 2.75) is 26.5 Å². The lowest BCUT2D eigenvalue weighted by Gasteiger charge is -2.15. The van der Waals surface area contributed by atoms with Crippen molar-refractivity contribution in [3.8, 4) is 0 Å². The topological polar surface area (TPSA) is 38.0 Å². The number of aliphatic hydroxyl groups is 1. The molecule has 0 aliphatic rings. The Kier molecular flexibility index (Phi) is 3.68. The lowest BCUT2D eigenvalue weighted by molar-refractivity contribution is 0.150. The molecule has 1 heterocycles. The largest absolute Gasteiger partial charge is 0.386 e. The van der Waals surface area contributed by atoms with Crippen molar-refractivity contribution < 1.29 is 9.50 Å². The molecule has 0 bridgehead atoms. The van der Waals surface area contributed by atoms with Crippen molar-refractivity contribution in [3.63, 3.8) is 0 Å². The van der Waals surface area contributed by atoms with E-state index in [0.717, 1.165) is 11.3 Å². The highest BCUT2D eigenvalue weighted by Gasteiger charge is 2.14. The van der Waals surface area contributed by atoms with Crippen LogP contribution in [0.5, 0.6) is 0 Å². The molecule has 1 unspecified atom stereocenters. The van der Waals surface area contributed by atoms with Gasteiger partial charge in [-0.1, -0.05) is 17.7 Å². The fourth-order valence-corrected chi connectivity index (χ4v) is 2.02. The van der Waals surface area contributed by atoms with Crippen LogP contribution in [-0.4, -0.2) is 14.9 Å². The van der Waals surface area contributed by atoms with Gasteiger partial charge in [-0.25, -0.2) is 4.39 Å². The molecule has 1 aromatic heterocycles. The standard InChI is InChI=1S/C13H14ClFN2O/c1-8-5-10(15)3-4-11(8)13(18)7-17-9(2)12(14)6-16-17/h3-6,13,18H,7H2,1-2H3. The number of rotatable bonds is 3. The Morgan fingerprint density at radius 3 is 2.72 bits per heavy atom.